The van der Waals surface area contributed by atoms with E-state index in [-0.39, 0.29) is 21.7 Å². The van der Waals surface area contributed by atoms with Crippen molar-refractivity contribution in [1.29, 1.82) is 0 Å². The maximum absolute atomic E-state index is 13.1. The van der Waals surface area contributed by atoms with Gasteiger partial charge in [0.05, 0.1) is 22.3 Å². The Labute approximate surface area is 165 Å². The van der Waals surface area contributed by atoms with Gasteiger partial charge in [-0.2, -0.15) is 0 Å². The lowest BCUT2D eigenvalue weighted by Gasteiger charge is -2.34. The van der Waals surface area contributed by atoms with Gasteiger partial charge in [-0.05, 0) is 35.4 Å². The molecular formula is C15H22N8O3S2. The number of rotatable bonds is 5. The van der Waals surface area contributed by atoms with E-state index < -0.39 is 26.4 Å². The summed E-state index contributed by atoms with van der Waals surface area (Å²) in [5.74, 6) is 0.215. The summed E-state index contributed by atoms with van der Waals surface area (Å²) >= 11 is -2.07. The molecule has 2 unspecified atom stereocenters. The van der Waals surface area contributed by atoms with Gasteiger partial charge in [-0.3, -0.25) is 0 Å². The van der Waals surface area contributed by atoms with Crippen molar-refractivity contribution in [3.63, 3.8) is 0 Å². The molecule has 28 heavy (non-hydrogen) atoms. The minimum Gasteiger partial charge on any atom is -0.593 e. The van der Waals surface area contributed by atoms with Gasteiger partial charge < -0.3 is 20.5 Å². The highest BCUT2D eigenvalue weighted by Gasteiger charge is 2.40. The van der Waals surface area contributed by atoms with E-state index in [1.165, 1.54) is 6.07 Å². The summed E-state index contributed by atoms with van der Waals surface area (Å²) in [6, 6.07) is 3.17. The molecule has 2 aliphatic heterocycles. The van der Waals surface area contributed by atoms with Crippen LogP contribution < -0.4 is 21.1 Å². The lowest BCUT2D eigenvalue weighted by molar-refractivity contribution is 0.493. The van der Waals surface area contributed by atoms with Crippen molar-refractivity contribution in [2.75, 3.05) is 31.1 Å². The van der Waals surface area contributed by atoms with Crippen LogP contribution in [0.1, 0.15) is 12.8 Å². The first-order valence-electron chi connectivity index (χ1n) is 8.92. The van der Waals surface area contributed by atoms with Crippen LogP contribution in [0.2, 0.25) is 0 Å². The monoisotopic (exact) mass is 426 g/mol. The van der Waals surface area contributed by atoms with Gasteiger partial charge in [0.1, 0.15) is 10.5 Å². The predicted octanol–water partition coefficient (Wildman–Crippen LogP) is -1.48. The van der Waals surface area contributed by atoms with Crippen molar-refractivity contribution in [2.45, 2.75) is 33.9 Å². The Morgan fingerprint density at radius 2 is 2.11 bits per heavy atom. The van der Waals surface area contributed by atoms with Crippen LogP contribution in [-0.2, 0) is 21.2 Å². The Bertz CT molecular complexity index is 946. The van der Waals surface area contributed by atoms with Gasteiger partial charge in [-0.25, -0.2) is 13.5 Å². The molecule has 152 valence electrons. The number of aromatic nitrogens is 4. The molecular weight excluding hydrogens is 404 g/mol. The van der Waals surface area contributed by atoms with Gasteiger partial charge >= 0.3 is 0 Å². The molecule has 6 N–H and O–H groups in total. The first-order chi connectivity index (χ1) is 13.4. The number of benzene rings is 1. The normalized spacial score (nSPS) is 22.1. The van der Waals surface area contributed by atoms with Crippen LogP contribution in [0.4, 0.5) is 5.69 Å². The van der Waals surface area contributed by atoms with Crippen molar-refractivity contribution in [1.82, 2.24) is 25.9 Å². The van der Waals surface area contributed by atoms with Crippen LogP contribution in [0.3, 0.4) is 0 Å². The maximum atomic E-state index is 13.1. The molecule has 0 spiro atoms. The Morgan fingerprint density at radius 3 is 2.68 bits per heavy atom. The highest BCUT2D eigenvalue weighted by molar-refractivity contribution is 7.94. The number of tetrazole rings is 1. The van der Waals surface area contributed by atoms with E-state index in [4.69, 9.17) is 10.9 Å². The number of hydrogen-bond donors (Lipinski definition) is 4. The smallest absolute Gasteiger partial charge is 0.205 e. The van der Waals surface area contributed by atoms with E-state index in [2.05, 4.69) is 25.9 Å². The second-order valence-corrected chi connectivity index (χ2v) is 10.2. The third kappa shape index (κ3) is 3.38. The standard InChI is InChI=1S/C15H22N8O3S2/c16-9-2-1-5-23(8-9)11-3-4-12(28(25,26)10-6-18-7-10)14(27(17)24)13(11)15-19-21-22-20-15/h3-4,9-10,18H,1-2,5-8,16-17H2,(H,19,20,21,22). The van der Waals surface area contributed by atoms with Crippen LogP contribution in [0.5, 0.6) is 0 Å². The first-order valence-corrected chi connectivity index (χ1v) is 11.7. The van der Waals surface area contributed by atoms with Gasteiger partial charge in [0.25, 0.3) is 0 Å². The Kier molecular flexibility index (Phi) is 5.28. The van der Waals surface area contributed by atoms with Crippen LogP contribution in [0, 0.1) is 0 Å². The zero-order valence-corrected chi connectivity index (χ0v) is 16.7. The fourth-order valence-corrected chi connectivity index (χ4v) is 6.54. The van der Waals surface area contributed by atoms with Gasteiger partial charge in [0.2, 0.25) is 4.90 Å². The highest BCUT2D eigenvalue weighted by Crippen LogP contribution is 2.40. The summed E-state index contributed by atoms with van der Waals surface area (Å²) in [6.07, 6.45) is 1.80. The van der Waals surface area contributed by atoms with E-state index in [9.17, 15) is 13.0 Å². The second kappa shape index (κ2) is 7.57. The summed E-state index contributed by atoms with van der Waals surface area (Å²) in [7, 11) is -3.71. The predicted molar refractivity (Wildman–Crippen MR) is 103 cm³/mol. The number of aromatic amines is 1. The molecule has 2 saturated heterocycles. The summed E-state index contributed by atoms with van der Waals surface area (Å²) in [5.41, 5.74) is 7.12. The van der Waals surface area contributed by atoms with Crippen molar-refractivity contribution < 1.29 is 13.0 Å². The number of nitrogens with two attached hydrogens (primary N) is 2. The molecule has 0 amide bonds. The Balaban J connectivity index is 1.92. The maximum Gasteiger partial charge on any atom is 0.205 e. The quantitative estimate of drug-likeness (QED) is 0.412. The molecule has 1 aromatic carbocycles. The fraction of sp³-hybridized carbons (Fsp3) is 0.533. The molecule has 4 rings (SSSR count). The molecule has 0 radical (unpaired) electrons. The number of nitrogens with one attached hydrogen (secondary N) is 2. The van der Waals surface area contributed by atoms with Gasteiger partial charge in [0, 0.05) is 32.2 Å². The average Bonchev–Trinajstić information content (AvgIpc) is 3.12. The molecule has 0 bridgehead atoms. The molecule has 2 fully saturated rings. The first kappa shape index (κ1) is 19.5. The number of anilines is 1. The largest absolute Gasteiger partial charge is 0.593 e. The lowest BCUT2D eigenvalue weighted by Crippen LogP contribution is -2.51. The van der Waals surface area contributed by atoms with Crippen molar-refractivity contribution in [2.24, 2.45) is 10.9 Å². The minimum absolute atomic E-state index is 0.00858. The SMILES string of the molecule is NC1CCCN(c2ccc(S(=O)(=O)C3CNC3)c([S+](N)[O-])c2-c2nnn[nH]2)C1. The average molecular weight is 427 g/mol. The van der Waals surface area contributed by atoms with E-state index in [1.807, 2.05) is 4.90 Å². The van der Waals surface area contributed by atoms with Crippen LogP contribution >= 0.6 is 0 Å². The van der Waals surface area contributed by atoms with E-state index in [1.54, 1.807) is 6.07 Å². The molecule has 1 aromatic heterocycles. The van der Waals surface area contributed by atoms with Crippen molar-refractivity contribution in [3.05, 3.63) is 12.1 Å². The summed E-state index contributed by atoms with van der Waals surface area (Å²) in [4.78, 5) is 2.00. The molecule has 0 aliphatic carbocycles. The van der Waals surface area contributed by atoms with E-state index in [0.29, 0.717) is 30.9 Å². The Morgan fingerprint density at radius 1 is 1.32 bits per heavy atom. The third-order valence-corrected chi connectivity index (χ3v) is 8.29. The number of H-pyrrole nitrogens is 1. The minimum atomic E-state index is -3.71. The van der Waals surface area contributed by atoms with E-state index in [0.717, 1.165) is 19.4 Å². The molecule has 0 saturated carbocycles. The summed E-state index contributed by atoms with van der Waals surface area (Å²) in [6.45, 7) is 2.02. The van der Waals surface area contributed by atoms with Crippen LogP contribution in [-0.4, -0.2) is 71.1 Å². The van der Waals surface area contributed by atoms with E-state index >= 15 is 0 Å². The molecule has 2 atom stereocenters. The zero-order chi connectivity index (χ0) is 19.9. The van der Waals surface area contributed by atoms with Gasteiger partial charge in [-0.1, -0.05) is 0 Å². The lowest BCUT2D eigenvalue weighted by atomic mass is 10.0. The summed E-state index contributed by atoms with van der Waals surface area (Å²) < 4.78 is 38.7. The Hall–Kier alpha value is -1.77. The van der Waals surface area contributed by atoms with Gasteiger partial charge in [0.15, 0.2) is 15.7 Å². The fourth-order valence-electron chi connectivity index (χ4n) is 3.62. The zero-order valence-electron chi connectivity index (χ0n) is 15.0. The number of sulfone groups is 1. The molecule has 3 heterocycles. The van der Waals surface area contributed by atoms with Crippen LogP contribution in [0.25, 0.3) is 11.4 Å². The number of piperidine rings is 1. The van der Waals surface area contributed by atoms with Crippen molar-refractivity contribution in [3.8, 4) is 11.4 Å². The molecule has 2 aliphatic rings. The van der Waals surface area contributed by atoms with Crippen LogP contribution in [0.15, 0.2) is 21.9 Å². The summed E-state index contributed by atoms with van der Waals surface area (Å²) in [5, 5.41) is 21.9. The van der Waals surface area contributed by atoms with Crippen molar-refractivity contribution >= 4 is 26.9 Å². The highest BCUT2D eigenvalue weighted by atomic mass is 32.2. The molecule has 2 aromatic rings. The third-order valence-electron chi connectivity index (χ3n) is 5.17. The molecule has 13 heteroatoms. The topological polar surface area (TPSA) is 179 Å². The van der Waals surface area contributed by atoms with Gasteiger partial charge in [-0.15, -0.1) is 10.2 Å². The number of hydrogen-bond acceptors (Lipinski definition) is 10. The molecule has 11 nitrogen and oxygen atoms in total. The second-order valence-electron chi connectivity index (χ2n) is 7.01. The number of nitrogens with zero attached hydrogens (tertiary/aromatic N) is 4.